The molecule has 0 unspecified atom stereocenters. The number of nitrogens with zero attached hydrogens (tertiary/aromatic N) is 3. The zero-order valence-electron chi connectivity index (χ0n) is 11.8. The van der Waals surface area contributed by atoms with E-state index in [1.165, 1.54) is 0 Å². The summed E-state index contributed by atoms with van der Waals surface area (Å²) in [6.45, 7) is 6.92. The molecule has 1 heterocycles. The Hall–Kier alpha value is -1.40. The van der Waals surface area contributed by atoms with E-state index < -0.39 is 5.60 Å². The third-order valence-corrected chi connectivity index (χ3v) is 3.10. The maximum atomic E-state index is 9.97. The molecule has 106 valence electrons. The van der Waals surface area contributed by atoms with Crippen LogP contribution in [0.1, 0.15) is 45.4 Å². The van der Waals surface area contributed by atoms with Gasteiger partial charge in [-0.1, -0.05) is 0 Å². The Morgan fingerprint density at radius 2 is 2.16 bits per heavy atom. The van der Waals surface area contributed by atoms with Gasteiger partial charge in [0.25, 0.3) is 0 Å². The highest BCUT2D eigenvalue weighted by Gasteiger charge is 2.28. The monoisotopic (exact) mass is 265 g/mol. The van der Waals surface area contributed by atoms with E-state index in [2.05, 4.69) is 15.4 Å². The summed E-state index contributed by atoms with van der Waals surface area (Å²) >= 11 is 0. The Morgan fingerprint density at radius 3 is 2.63 bits per heavy atom. The quantitative estimate of drug-likeness (QED) is 0.530. The molecule has 1 aromatic heterocycles. The summed E-state index contributed by atoms with van der Waals surface area (Å²) in [5.74, 6) is 8.22. The first-order valence-corrected chi connectivity index (χ1v) is 6.76. The number of hydrogen-bond donors (Lipinski definition) is 3. The lowest BCUT2D eigenvalue weighted by Crippen LogP contribution is -2.39. The van der Waals surface area contributed by atoms with Gasteiger partial charge in [-0.3, -0.25) is 0 Å². The molecule has 6 nitrogen and oxygen atoms in total. The molecule has 1 aliphatic carbocycles. The average Bonchev–Trinajstić information content (AvgIpc) is 3.18. The molecule has 0 aromatic carbocycles. The molecule has 1 saturated carbocycles. The van der Waals surface area contributed by atoms with Gasteiger partial charge < -0.3 is 15.4 Å². The minimum atomic E-state index is -0.767. The van der Waals surface area contributed by atoms with Crippen LogP contribution in [0.25, 0.3) is 0 Å². The highest BCUT2D eigenvalue weighted by atomic mass is 16.3. The number of rotatable bonds is 6. The Kier molecular flexibility index (Phi) is 3.91. The molecule has 0 amide bonds. The molecule has 4 N–H and O–H groups in total. The van der Waals surface area contributed by atoms with E-state index in [1.807, 2.05) is 17.9 Å². The summed E-state index contributed by atoms with van der Waals surface area (Å²) in [6, 6.07) is 1.82. The molecule has 0 aliphatic heterocycles. The van der Waals surface area contributed by atoms with Gasteiger partial charge in [0, 0.05) is 25.1 Å². The molecule has 19 heavy (non-hydrogen) atoms. The number of hydrazine groups is 1. The Morgan fingerprint density at radius 1 is 1.47 bits per heavy atom. The second kappa shape index (κ2) is 5.30. The van der Waals surface area contributed by atoms with Crippen LogP contribution in [0.3, 0.4) is 0 Å². The minimum Gasteiger partial charge on any atom is -0.389 e. The van der Waals surface area contributed by atoms with E-state index in [0.29, 0.717) is 18.3 Å². The van der Waals surface area contributed by atoms with Crippen molar-refractivity contribution in [1.82, 2.24) is 9.97 Å². The molecule has 6 heteroatoms. The zero-order valence-corrected chi connectivity index (χ0v) is 11.8. The van der Waals surface area contributed by atoms with Gasteiger partial charge in [0.15, 0.2) is 0 Å². The molecule has 0 spiro atoms. The Labute approximate surface area is 114 Å². The largest absolute Gasteiger partial charge is 0.389 e. The molecule has 0 saturated heterocycles. The highest BCUT2D eigenvalue weighted by molar-refractivity contribution is 5.49. The van der Waals surface area contributed by atoms with Gasteiger partial charge in [0.2, 0.25) is 0 Å². The second-order valence-electron chi connectivity index (χ2n) is 5.71. The number of hydrogen-bond acceptors (Lipinski definition) is 6. The van der Waals surface area contributed by atoms with E-state index in [1.54, 1.807) is 13.8 Å². The second-order valence-corrected chi connectivity index (χ2v) is 5.71. The van der Waals surface area contributed by atoms with Crippen molar-refractivity contribution in [3.8, 4) is 0 Å². The number of aliphatic hydroxyl groups is 1. The smallest absolute Gasteiger partial charge is 0.145 e. The topological polar surface area (TPSA) is 87.3 Å². The number of anilines is 2. The van der Waals surface area contributed by atoms with E-state index >= 15 is 0 Å². The van der Waals surface area contributed by atoms with E-state index in [0.717, 1.165) is 31.0 Å². The summed E-state index contributed by atoms with van der Waals surface area (Å²) in [5.41, 5.74) is 1.83. The van der Waals surface area contributed by atoms with E-state index in [4.69, 9.17) is 5.84 Å². The van der Waals surface area contributed by atoms with Gasteiger partial charge in [0.05, 0.1) is 5.60 Å². The molecule has 0 bridgehead atoms. The molecule has 0 radical (unpaired) electrons. The number of likely N-dealkylation sites (N-methyl/N-ethyl adjacent to an activating group) is 1. The van der Waals surface area contributed by atoms with Crippen LogP contribution in [0.2, 0.25) is 0 Å². The fraction of sp³-hybridized carbons (Fsp3) is 0.692. The fourth-order valence-corrected chi connectivity index (χ4v) is 2.03. The summed E-state index contributed by atoms with van der Waals surface area (Å²) in [7, 11) is 0. The van der Waals surface area contributed by atoms with Crippen molar-refractivity contribution in [1.29, 1.82) is 0 Å². The van der Waals surface area contributed by atoms with Gasteiger partial charge >= 0.3 is 0 Å². The third-order valence-electron chi connectivity index (χ3n) is 3.10. The predicted molar refractivity (Wildman–Crippen MR) is 76.0 cm³/mol. The molecule has 0 atom stereocenters. The van der Waals surface area contributed by atoms with Crippen molar-refractivity contribution in [2.24, 2.45) is 5.84 Å². The maximum absolute atomic E-state index is 9.97. The summed E-state index contributed by atoms with van der Waals surface area (Å²) in [4.78, 5) is 11.0. The van der Waals surface area contributed by atoms with Crippen molar-refractivity contribution in [2.75, 3.05) is 23.4 Å². The van der Waals surface area contributed by atoms with Crippen molar-refractivity contribution >= 4 is 11.6 Å². The molecule has 2 rings (SSSR count). The van der Waals surface area contributed by atoms with Crippen LogP contribution in [0.5, 0.6) is 0 Å². The first-order chi connectivity index (χ1) is 8.93. The number of nitrogens with two attached hydrogens (primary N) is 1. The van der Waals surface area contributed by atoms with Crippen LogP contribution in [-0.2, 0) is 0 Å². The van der Waals surface area contributed by atoms with Gasteiger partial charge in [0.1, 0.15) is 17.5 Å². The van der Waals surface area contributed by atoms with Crippen LogP contribution in [-0.4, -0.2) is 33.8 Å². The minimum absolute atomic E-state index is 0.466. The van der Waals surface area contributed by atoms with Gasteiger partial charge in [-0.15, -0.1) is 0 Å². The van der Waals surface area contributed by atoms with Gasteiger partial charge in [-0.05, 0) is 33.6 Å². The summed E-state index contributed by atoms with van der Waals surface area (Å²) in [5, 5.41) is 9.97. The molecule has 1 fully saturated rings. The first kappa shape index (κ1) is 14.0. The van der Waals surface area contributed by atoms with Crippen LogP contribution < -0.4 is 16.2 Å². The number of nitrogens with one attached hydrogen (secondary N) is 1. The lowest BCUT2D eigenvalue weighted by Gasteiger charge is -2.29. The Bertz CT molecular complexity index is 439. The summed E-state index contributed by atoms with van der Waals surface area (Å²) in [6.07, 6.45) is 2.29. The van der Waals surface area contributed by atoms with E-state index in [-0.39, 0.29) is 0 Å². The lowest BCUT2D eigenvalue weighted by molar-refractivity contribution is 0.0874. The molecular weight excluding hydrogens is 242 g/mol. The van der Waals surface area contributed by atoms with Crippen LogP contribution >= 0.6 is 0 Å². The third kappa shape index (κ3) is 3.78. The van der Waals surface area contributed by atoms with E-state index in [9.17, 15) is 5.11 Å². The zero-order chi connectivity index (χ0) is 14.0. The highest BCUT2D eigenvalue weighted by Crippen LogP contribution is 2.39. The molecule has 1 aliphatic rings. The van der Waals surface area contributed by atoms with Crippen LogP contribution in [0.4, 0.5) is 11.6 Å². The lowest BCUT2D eigenvalue weighted by atomic mass is 10.1. The predicted octanol–water partition coefficient (Wildman–Crippen LogP) is 1.24. The van der Waals surface area contributed by atoms with Crippen LogP contribution in [0, 0.1) is 0 Å². The normalized spacial score (nSPS) is 15.4. The Balaban J connectivity index is 2.27. The standard InChI is InChI=1S/C13H23N5O/c1-4-18(8-13(2,3)19)11-7-10(17-14)15-12(16-11)9-5-6-9/h7,9,19H,4-6,8,14H2,1-3H3,(H,15,16,17). The van der Waals surface area contributed by atoms with Crippen LogP contribution in [0.15, 0.2) is 6.07 Å². The molecular formula is C13H23N5O. The van der Waals surface area contributed by atoms with Crippen molar-refractivity contribution < 1.29 is 5.11 Å². The SMILES string of the molecule is CCN(CC(C)(C)O)c1cc(NN)nc(C2CC2)n1. The summed E-state index contributed by atoms with van der Waals surface area (Å²) < 4.78 is 0. The maximum Gasteiger partial charge on any atom is 0.145 e. The van der Waals surface area contributed by atoms with Crippen molar-refractivity contribution in [3.63, 3.8) is 0 Å². The van der Waals surface area contributed by atoms with Crippen molar-refractivity contribution in [3.05, 3.63) is 11.9 Å². The van der Waals surface area contributed by atoms with Gasteiger partial charge in [-0.2, -0.15) is 0 Å². The van der Waals surface area contributed by atoms with Crippen molar-refractivity contribution in [2.45, 2.75) is 45.1 Å². The average molecular weight is 265 g/mol. The first-order valence-electron chi connectivity index (χ1n) is 6.76. The number of nitrogen functional groups attached to an aromatic ring is 1. The molecule has 1 aromatic rings. The fourth-order valence-electron chi connectivity index (χ4n) is 2.03. The van der Waals surface area contributed by atoms with Gasteiger partial charge in [-0.25, -0.2) is 15.8 Å². The number of aromatic nitrogens is 2.